The van der Waals surface area contributed by atoms with Gasteiger partial charge in [-0.1, -0.05) is 59.6 Å². The molecule has 0 heteroatoms. The van der Waals surface area contributed by atoms with Crippen LogP contribution in [0.3, 0.4) is 0 Å². The van der Waals surface area contributed by atoms with Crippen molar-refractivity contribution in [3.8, 4) is 0 Å². The number of hydrogen-bond acceptors (Lipinski definition) is 0. The first kappa shape index (κ1) is 19.5. The molecule has 0 radical (unpaired) electrons. The van der Waals surface area contributed by atoms with Gasteiger partial charge in [-0.2, -0.15) is 0 Å². The van der Waals surface area contributed by atoms with E-state index in [-0.39, 0.29) is 0 Å². The summed E-state index contributed by atoms with van der Waals surface area (Å²) < 4.78 is 0. The fourth-order valence-electron chi connectivity index (χ4n) is 7.07. The second-order valence-electron chi connectivity index (χ2n) is 11.0. The summed E-state index contributed by atoms with van der Waals surface area (Å²) >= 11 is 0. The maximum Gasteiger partial charge on any atom is -0.0102 e. The summed E-state index contributed by atoms with van der Waals surface area (Å²) in [7, 11) is 0. The summed E-state index contributed by atoms with van der Waals surface area (Å²) in [5, 5.41) is 0. The Morgan fingerprint density at radius 1 is 0.926 bits per heavy atom. The molecule has 3 unspecified atom stereocenters. The number of benzene rings is 1. The third kappa shape index (κ3) is 3.40. The van der Waals surface area contributed by atoms with Crippen LogP contribution in [0.15, 0.2) is 12.1 Å². The molecule has 0 nitrogen and oxygen atoms in total. The molecule has 1 saturated carbocycles. The molecule has 0 heterocycles. The Bertz CT molecular complexity index is 669. The van der Waals surface area contributed by atoms with Crippen LogP contribution in [0.4, 0.5) is 0 Å². The second-order valence-corrected chi connectivity index (χ2v) is 11.0. The molecule has 0 N–H and O–H groups in total. The molecule has 5 atom stereocenters. The lowest BCUT2D eigenvalue weighted by Crippen LogP contribution is -2.36. The number of hydrogen-bond donors (Lipinski definition) is 0. The molecule has 1 fully saturated rings. The van der Waals surface area contributed by atoms with Crippen LogP contribution < -0.4 is 0 Å². The lowest BCUT2D eigenvalue weighted by molar-refractivity contribution is 0.115. The van der Waals surface area contributed by atoms with Gasteiger partial charge in [-0.25, -0.2) is 0 Å². The Kier molecular flexibility index (Phi) is 5.47. The van der Waals surface area contributed by atoms with Crippen LogP contribution in [0.1, 0.15) is 108 Å². The van der Waals surface area contributed by atoms with Crippen LogP contribution >= 0.6 is 0 Å². The van der Waals surface area contributed by atoms with Crippen molar-refractivity contribution >= 4 is 0 Å². The standard InChI is InChI=1S/C27H42/c1-18(2)19(3)10-11-20(4)25-14-15-26-24-13-12-21-8-6-7-9-22(21)23(24)16-17-27(25,26)5/h12-13,18-20,25-26H,6-11,14-17H2,1-5H3/t19?,20?,25?,26-,27+/m0/s1. The molecule has 1 aromatic carbocycles. The number of rotatable bonds is 5. The lowest BCUT2D eigenvalue weighted by atomic mass is 9.59. The smallest absolute Gasteiger partial charge is 0.0102 e. The SMILES string of the molecule is CC(C)C(C)CCC(C)C1CC[C@H]2c3ccc4c(c3CC[C@]12C)CCCC4. The Balaban J connectivity index is 1.54. The summed E-state index contributed by atoms with van der Waals surface area (Å²) in [6.45, 7) is 12.5. The number of aryl methyl sites for hydroxylation is 1. The van der Waals surface area contributed by atoms with Crippen molar-refractivity contribution in [2.45, 2.75) is 105 Å². The second kappa shape index (κ2) is 7.57. The minimum absolute atomic E-state index is 0.552. The zero-order chi connectivity index (χ0) is 19.2. The van der Waals surface area contributed by atoms with Gasteiger partial charge in [-0.3, -0.25) is 0 Å². The van der Waals surface area contributed by atoms with Gasteiger partial charge in [0.1, 0.15) is 0 Å². The van der Waals surface area contributed by atoms with Crippen molar-refractivity contribution in [3.63, 3.8) is 0 Å². The van der Waals surface area contributed by atoms with Gasteiger partial charge in [0.25, 0.3) is 0 Å². The van der Waals surface area contributed by atoms with Crippen LogP contribution in [0.5, 0.6) is 0 Å². The quantitative estimate of drug-likeness (QED) is 0.500. The van der Waals surface area contributed by atoms with E-state index in [4.69, 9.17) is 0 Å². The highest BCUT2D eigenvalue weighted by molar-refractivity contribution is 5.47. The molecule has 0 aliphatic heterocycles. The van der Waals surface area contributed by atoms with E-state index in [9.17, 15) is 0 Å². The van der Waals surface area contributed by atoms with Crippen LogP contribution in [0, 0.1) is 29.1 Å². The van der Waals surface area contributed by atoms with Gasteiger partial charge in [0.2, 0.25) is 0 Å². The first-order valence-corrected chi connectivity index (χ1v) is 12.0. The third-order valence-electron chi connectivity index (χ3n) is 9.29. The minimum Gasteiger partial charge on any atom is -0.0625 e. The highest BCUT2D eigenvalue weighted by atomic mass is 14.5. The van der Waals surface area contributed by atoms with E-state index in [1.807, 2.05) is 0 Å². The fraction of sp³-hybridized carbons (Fsp3) is 0.778. The first-order valence-electron chi connectivity index (χ1n) is 12.0. The molecule has 3 aliphatic carbocycles. The van der Waals surface area contributed by atoms with E-state index in [0.717, 1.165) is 29.6 Å². The fourth-order valence-corrected chi connectivity index (χ4v) is 7.07. The van der Waals surface area contributed by atoms with Crippen molar-refractivity contribution in [3.05, 3.63) is 34.4 Å². The average Bonchev–Trinajstić information content (AvgIpc) is 3.02. The predicted octanol–water partition coefficient (Wildman–Crippen LogP) is 7.72. The van der Waals surface area contributed by atoms with Gasteiger partial charge in [0, 0.05) is 0 Å². The molecule has 0 bridgehead atoms. The van der Waals surface area contributed by atoms with Crippen molar-refractivity contribution in [2.24, 2.45) is 29.1 Å². The summed E-state index contributed by atoms with van der Waals surface area (Å²) in [4.78, 5) is 0. The molecular weight excluding hydrogens is 324 g/mol. The van der Waals surface area contributed by atoms with E-state index in [1.54, 1.807) is 22.3 Å². The Labute approximate surface area is 168 Å². The molecule has 0 saturated heterocycles. The zero-order valence-corrected chi connectivity index (χ0v) is 18.6. The third-order valence-corrected chi connectivity index (χ3v) is 9.29. The van der Waals surface area contributed by atoms with Gasteiger partial charge in [0.15, 0.2) is 0 Å². The molecule has 0 amide bonds. The summed E-state index contributed by atoms with van der Waals surface area (Å²) in [6, 6.07) is 5.08. The summed E-state index contributed by atoms with van der Waals surface area (Å²) in [5.74, 6) is 4.36. The maximum atomic E-state index is 2.67. The maximum absolute atomic E-state index is 2.67. The molecule has 0 spiro atoms. The van der Waals surface area contributed by atoms with Gasteiger partial charge in [-0.05, 0) is 109 Å². The number of fused-ring (bicyclic) bond motifs is 5. The van der Waals surface area contributed by atoms with Crippen LogP contribution in [0.2, 0.25) is 0 Å². The van der Waals surface area contributed by atoms with Crippen molar-refractivity contribution in [1.29, 1.82) is 0 Å². The van der Waals surface area contributed by atoms with Gasteiger partial charge in [-0.15, -0.1) is 0 Å². The van der Waals surface area contributed by atoms with Gasteiger partial charge >= 0.3 is 0 Å². The van der Waals surface area contributed by atoms with Crippen LogP contribution in [-0.2, 0) is 19.3 Å². The zero-order valence-electron chi connectivity index (χ0n) is 18.6. The minimum atomic E-state index is 0.552. The van der Waals surface area contributed by atoms with Crippen LogP contribution in [-0.4, -0.2) is 0 Å². The highest BCUT2D eigenvalue weighted by Gasteiger charge is 2.51. The van der Waals surface area contributed by atoms with E-state index in [2.05, 4.69) is 46.8 Å². The normalized spacial score (nSPS) is 31.9. The van der Waals surface area contributed by atoms with Crippen molar-refractivity contribution in [1.82, 2.24) is 0 Å². The topological polar surface area (TPSA) is 0 Å². The highest BCUT2D eigenvalue weighted by Crippen LogP contribution is 2.61. The first-order chi connectivity index (χ1) is 12.9. The molecule has 0 aromatic heterocycles. The van der Waals surface area contributed by atoms with Gasteiger partial charge in [0.05, 0.1) is 0 Å². The average molecular weight is 367 g/mol. The van der Waals surface area contributed by atoms with E-state index < -0.39 is 0 Å². The summed E-state index contributed by atoms with van der Waals surface area (Å²) in [5.41, 5.74) is 7.60. The molecule has 27 heavy (non-hydrogen) atoms. The molecule has 1 aromatic rings. The molecule has 3 aliphatic rings. The Morgan fingerprint density at radius 2 is 1.70 bits per heavy atom. The molecule has 4 rings (SSSR count). The van der Waals surface area contributed by atoms with E-state index >= 15 is 0 Å². The van der Waals surface area contributed by atoms with Gasteiger partial charge < -0.3 is 0 Å². The Morgan fingerprint density at radius 3 is 2.48 bits per heavy atom. The van der Waals surface area contributed by atoms with Crippen molar-refractivity contribution in [2.75, 3.05) is 0 Å². The van der Waals surface area contributed by atoms with Crippen molar-refractivity contribution < 1.29 is 0 Å². The molecular formula is C27H42. The van der Waals surface area contributed by atoms with E-state index in [1.165, 1.54) is 64.2 Å². The molecule has 150 valence electrons. The Hall–Kier alpha value is -0.780. The summed E-state index contributed by atoms with van der Waals surface area (Å²) in [6.07, 6.45) is 14.1. The lowest BCUT2D eigenvalue weighted by Gasteiger charge is -2.45. The van der Waals surface area contributed by atoms with Crippen LogP contribution in [0.25, 0.3) is 0 Å². The monoisotopic (exact) mass is 366 g/mol. The predicted molar refractivity (Wildman–Crippen MR) is 117 cm³/mol. The largest absolute Gasteiger partial charge is 0.0625 e. The van der Waals surface area contributed by atoms with E-state index in [0.29, 0.717) is 5.41 Å².